The van der Waals surface area contributed by atoms with Gasteiger partial charge in [0.15, 0.2) is 0 Å². The van der Waals surface area contributed by atoms with E-state index in [2.05, 4.69) is 53.1 Å². The third kappa shape index (κ3) is 6.93. The van der Waals surface area contributed by atoms with Gasteiger partial charge in [-0.25, -0.2) is 0 Å². The standard InChI is InChI=1S/C18H24Br3N3O8/c1-23(3-8(28)5-25)17(31)11-13(19)12(18(32)24(2)4-9(29)6-26)15(21)16(14(11)20)22-10(30)7-27/h8-9,25-29H,3-7H2,1-2H3,(H,22,30). The van der Waals surface area contributed by atoms with Gasteiger partial charge in [-0.15, -0.1) is 0 Å². The number of nitrogens with zero attached hydrogens (tertiary/aromatic N) is 2. The maximum Gasteiger partial charge on any atom is 0.256 e. The van der Waals surface area contributed by atoms with Crippen LogP contribution in [-0.4, -0.2) is 112 Å². The molecule has 6 N–H and O–H groups in total. The lowest BCUT2D eigenvalue weighted by molar-refractivity contribution is -0.118. The zero-order valence-corrected chi connectivity index (χ0v) is 21.9. The number of aliphatic hydroxyl groups is 5. The van der Waals surface area contributed by atoms with Crippen LogP contribution in [0.15, 0.2) is 13.4 Å². The number of benzene rings is 1. The number of halogens is 3. The van der Waals surface area contributed by atoms with Crippen molar-refractivity contribution in [2.45, 2.75) is 12.2 Å². The van der Waals surface area contributed by atoms with Crippen molar-refractivity contribution in [3.8, 4) is 0 Å². The van der Waals surface area contributed by atoms with E-state index in [1.165, 1.54) is 14.1 Å². The fraction of sp³-hybridized carbons (Fsp3) is 0.500. The molecule has 0 aromatic heterocycles. The highest BCUT2D eigenvalue weighted by atomic mass is 79.9. The monoisotopic (exact) mass is 647 g/mol. The first-order chi connectivity index (χ1) is 14.9. The van der Waals surface area contributed by atoms with Crippen LogP contribution >= 0.6 is 47.8 Å². The van der Waals surface area contributed by atoms with Crippen molar-refractivity contribution in [2.24, 2.45) is 0 Å². The van der Waals surface area contributed by atoms with Crippen molar-refractivity contribution in [2.75, 3.05) is 52.3 Å². The van der Waals surface area contributed by atoms with Gasteiger partial charge in [0.25, 0.3) is 11.8 Å². The summed E-state index contributed by atoms with van der Waals surface area (Å²) in [5.41, 5.74) is -0.159. The van der Waals surface area contributed by atoms with Crippen LogP contribution in [0.1, 0.15) is 20.7 Å². The minimum atomic E-state index is -1.20. The van der Waals surface area contributed by atoms with Crippen molar-refractivity contribution in [3.05, 3.63) is 24.5 Å². The average molecular weight is 650 g/mol. The van der Waals surface area contributed by atoms with E-state index in [1.807, 2.05) is 0 Å². The molecule has 0 saturated heterocycles. The summed E-state index contributed by atoms with van der Waals surface area (Å²) < 4.78 is 0.217. The molecule has 3 amide bonds. The molecule has 11 nitrogen and oxygen atoms in total. The minimum absolute atomic E-state index is 0.00818. The Hall–Kier alpha value is -1.13. The molecule has 2 atom stereocenters. The normalized spacial score (nSPS) is 12.8. The molecule has 0 fully saturated rings. The quantitative estimate of drug-likeness (QED) is 0.202. The Labute approximate surface area is 209 Å². The molecule has 0 radical (unpaired) electrons. The Kier molecular flexibility index (Phi) is 11.7. The Morgan fingerprint density at radius 1 is 0.812 bits per heavy atom. The number of carbonyl (C=O) groups is 3. The molecular weight excluding hydrogens is 626 g/mol. The second kappa shape index (κ2) is 12.9. The Morgan fingerprint density at radius 3 is 1.50 bits per heavy atom. The van der Waals surface area contributed by atoms with Crippen molar-refractivity contribution in [1.82, 2.24) is 9.80 Å². The summed E-state index contributed by atoms with van der Waals surface area (Å²) in [4.78, 5) is 40.3. The third-order valence-corrected chi connectivity index (χ3v) is 6.62. The molecule has 2 unspecified atom stereocenters. The van der Waals surface area contributed by atoms with Crippen LogP contribution in [0, 0.1) is 0 Å². The first kappa shape index (κ1) is 28.9. The predicted octanol–water partition coefficient (Wildman–Crippen LogP) is -0.245. The topological polar surface area (TPSA) is 171 Å². The molecule has 0 aliphatic rings. The summed E-state index contributed by atoms with van der Waals surface area (Å²) in [5.74, 6) is -2.12. The molecule has 1 aromatic rings. The predicted molar refractivity (Wildman–Crippen MR) is 125 cm³/mol. The molecule has 1 rings (SSSR count). The molecule has 0 saturated carbocycles. The average Bonchev–Trinajstić information content (AvgIpc) is 2.75. The van der Waals surface area contributed by atoms with Crippen LogP contribution in [0.5, 0.6) is 0 Å². The molecule has 0 aliphatic heterocycles. The zero-order valence-electron chi connectivity index (χ0n) is 17.2. The van der Waals surface area contributed by atoms with Crippen molar-refractivity contribution >= 4 is 71.2 Å². The molecule has 1 aromatic carbocycles. The minimum Gasteiger partial charge on any atom is -0.394 e. The number of rotatable bonds is 10. The molecule has 0 spiro atoms. The van der Waals surface area contributed by atoms with Gasteiger partial charge in [0.2, 0.25) is 5.91 Å². The lowest BCUT2D eigenvalue weighted by atomic mass is 10.1. The molecule has 180 valence electrons. The Morgan fingerprint density at radius 2 is 1.19 bits per heavy atom. The highest BCUT2D eigenvalue weighted by Gasteiger charge is 2.31. The van der Waals surface area contributed by atoms with Gasteiger partial charge in [-0.3, -0.25) is 14.4 Å². The summed E-state index contributed by atoms with van der Waals surface area (Å²) >= 11 is 9.77. The van der Waals surface area contributed by atoms with Crippen LogP contribution in [0.4, 0.5) is 5.69 Å². The van der Waals surface area contributed by atoms with Gasteiger partial charge in [-0.05, 0) is 47.8 Å². The second-order valence-electron chi connectivity index (χ2n) is 6.82. The van der Waals surface area contributed by atoms with Crippen LogP contribution in [0.2, 0.25) is 0 Å². The summed E-state index contributed by atoms with van der Waals surface area (Å²) in [5, 5.41) is 49.0. The van der Waals surface area contributed by atoms with E-state index < -0.39 is 49.8 Å². The third-order valence-electron chi connectivity index (χ3n) is 4.24. The molecule has 0 bridgehead atoms. The van der Waals surface area contributed by atoms with Crippen molar-refractivity contribution in [3.63, 3.8) is 0 Å². The highest BCUT2D eigenvalue weighted by molar-refractivity contribution is 9.11. The maximum atomic E-state index is 13.1. The second-order valence-corrected chi connectivity index (χ2v) is 9.20. The summed E-state index contributed by atoms with van der Waals surface area (Å²) in [6, 6.07) is 0. The number of aliphatic hydroxyl groups excluding tert-OH is 5. The highest BCUT2D eigenvalue weighted by Crippen LogP contribution is 2.43. The number of hydrogen-bond acceptors (Lipinski definition) is 8. The molecular formula is C18H24Br3N3O8. The van der Waals surface area contributed by atoms with Gasteiger partial charge >= 0.3 is 0 Å². The van der Waals surface area contributed by atoms with E-state index in [1.54, 1.807) is 0 Å². The molecule has 14 heteroatoms. The van der Waals surface area contributed by atoms with E-state index in [4.69, 9.17) is 15.3 Å². The Bertz CT molecular complexity index is 813. The van der Waals surface area contributed by atoms with Gasteiger partial charge in [-0.1, -0.05) is 0 Å². The van der Waals surface area contributed by atoms with Gasteiger partial charge in [0.05, 0.1) is 51.2 Å². The van der Waals surface area contributed by atoms with Crippen molar-refractivity contribution < 1.29 is 39.9 Å². The Balaban J connectivity index is 3.67. The van der Waals surface area contributed by atoms with E-state index in [-0.39, 0.29) is 43.3 Å². The van der Waals surface area contributed by atoms with Gasteiger partial charge in [0, 0.05) is 31.7 Å². The maximum absolute atomic E-state index is 13.1. The zero-order chi connectivity index (χ0) is 24.7. The van der Waals surface area contributed by atoms with Gasteiger partial charge < -0.3 is 40.6 Å². The van der Waals surface area contributed by atoms with E-state index in [0.717, 1.165) is 9.80 Å². The summed E-state index contributed by atoms with van der Waals surface area (Å²) in [7, 11) is 2.75. The van der Waals surface area contributed by atoms with Crippen molar-refractivity contribution in [1.29, 1.82) is 0 Å². The number of amides is 3. The SMILES string of the molecule is CN(CC(O)CO)C(=O)c1c(Br)c(NC(=O)CO)c(Br)c(C(=O)N(C)CC(O)CO)c1Br. The number of nitrogens with one attached hydrogen (secondary N) is 1. The van der Waals surface area contributed by atoms with Gasteiger partial charge in [-0.2, -0.15) is 0 Å². The van der Waals surface area contributed by atoms with Crippen LogP contribution < -0.4 is 5.32 Å². The lowest BCUT2D eigenvalue weighted by Crippen LogP contribution is -2.38. The molecule has 32 heavy (non-hydrogen) atoms. The smallest absolute Gasteiger partial charge is 0.256 e. The fourth-order valence-electron chi connectivity index (χ4n) is 2.62. The number of anilines is 1. The van der Waals surface area contributed by atoms with E-state index in [9.17, 15) is 24.6 Å². The lowest BCUT2D eigenvalue weighted by Gasteiger charge is -2.26. The first-order valence-electron chi connectivity index (χ1n) is 9.11. The summed E-state index contributed by atoms with van der Waals surface area (Å²) in [6.45, 7) is -2.42. The van der Waals surface area contributed by atoms with E-state index in [0.29, 0.717) is 0 Å². The van der Waals surface area contributed by atoms with E-state index >= 15 is 0 Å². The number of hydrogen-bond donors (Lipinski definition) is 6. The largest absolute Gasteiger partial charge is 0.394 e. The van der Waals surface area contributed by atoms with Crippen LogP contribution in [0.3, 0.4) is 0 Å². The number of carbonyl (C=O) groups excluding carboxylic acids is 3. The van der Waals surface area contributed by atoms with Gasteiger partial charge in [0.1, 0.15) is 6.61 Å². The molecule has 0 heterocycles. The number of likely N-dealkylation sites (N-methyl/N-ethyl adjacent to an activating group) is 2. The van der Waals surface area contributed by atoms with Crippen LogP contribution in [0.25, 0.3) is 0 Å². The first-order valence-corrected chi connectivity index (χ1v) is 11.5. The fourth-order valence-corrected chi connectivity index (χ4v) is 5.49. The van der Waals surface area contributed by atoms with Crippen LogP contribution in [-0.2, 0) is 4.79 Å². The molecule has 0 aliphatic carbocycles. The summed E-state index contributed by atoms with van der Waals surface area (Å²) in [6.07, 6.45) is -2.39.